The number of benzene rings is 1. The molecule has 1 unspecified atom stereocenters. The molecule has 5 nitrogen and oxygen atoms in total. The van der Waals surface area contributed by atoms with Crippen LogP contribution in [0.2, 0.25) is 0 Å². The van der Waals surface area contributed by atoms with Crippen LogP contribution in [0.1, 0.15) is 31.7 Å². The van der Waals surface area contributed by atoms with Gasteiger partial charge in [0.1, 0.15) is 5.82 Å². The monoisotopic (exact) mass is 368 g/mol. The van der Waals surface area contributed by atoms with Gasteiger partial charge in [0.15, 0.2) is 9.84 Å². The van der Waals surface area contributed by atoms with Crippen molar-refractivity contribution in [1.29, 1.82) is 0 Å². The van der Waals surface area contributed by atoms with Crippen molar-refractivity contribution in [3.63, 3.8) is 0 Å². The molecular formula is C18H25FN2O3S. The van der Waals surface area contributed by atoms with Gasteiger partial charge in [-0.25, -0.2) is 12.8 Å². The minimum absolute atomic E-state index is 0.0589. The van der Waals surface area contributed by atoms with E-state index in [1.165, 1.54) is 6.07 Å². The number of sulfone groups is 1. The zero-order chi connectivity index (χ0) is 18.0. The molecule has 0 radical (unpaired) electrons. The molecule has 1 aromatic rings. The van der Waals surface area contributed by atoms with Gasteiger partial charge in [-0.3, -0.25) is 9.69 Å². The van der Waals surface area contributed by atoms with Crippen molar-refractivity contribution in [2.45, 2.75) is 44.8 Å². The summed E-state index contributed by atoms with van der Waals surface area (Å²) in [4.78, 5) is 16.5. The zero-order valence-electron chi connectivity index (χ0n) is 14.5. The number of carbonyl (C=O) groups excluding carboxylic acids is 1. The highest BCUT2D eigenvalue weighted by Crippen LogP contribution is 2.29. The van der Waals surface area contributed by atoms with Gasteiger partial charge >= 0.3 is 0 Å². The first-order valence-electron chi connectivity index (χ1n) is 8.87. The SMILES string of the molecule is CCN(C(=O)CN(Cc1ccccc1F)C1CC1)C1CCS(=O)(=O)C1. The average molecular weight is 368 g/mol. The molecule has 3 rings (SSSR count). The normalized spacial score (nSPS) is 22.3. The van der Waals surface area contributed by atoms with Crippen molar-refractivity contribution in [3.05, 3.63) is 35.6 Å². The Morgan fingerprint density at radius 3 is 2.48 bits per heavy atom. The Morgan fingerprint density at radius 2 is 1.92 bits per heavy atom. The molecule has 0 N–H and O–H groups in total. The highest BCUT2D eigenvalue weighted by atomic mass is 32.2. The van der Waals surface area contributed by atoms with E-state index in [0.29, 0.717) is 31.1 Å². The molecule has 138 valence electrons. The van der Waals surface area contributed by atoms with Crippen LogP contribution in [0.5, 0.6) is 0 Å². The molecule has 0 aromatic heterocycles. The third-order valence-electron chi connectivity index (χ3n) is 5.04. The van der Waals surface area contributed by atoms with Gasteiger partial charge in [-0.15, -0.1) is 0 Å². The molecule has 0 spiro atoms. The van der Waals surface area contributed by atoms with Crippen molar-refractivity contribution in [1.82, 2.24) is 9.80 Å². The number of hydrogen-bond acceptors (Lipinski definition) is 4. The third-order valence-corrected chi connectivity index (χ3v) is 6.79. The molecule has 1 amide bonds. The highest BCUT2D eigenvalue weighted by molar-refractivity contribution is 7.91. The molecule has 1 saturated carbocycles. The summed E-state index contributed by atoms with van der Waals surface area (Å²) in [6.07, 6.45) is 2.55. The van der Waals surface area contributed by atoms with Gasteiger partial charge in [0.2, 0.25) is 5.91 Å². The van der Waals surface area contributed by atoms with E-state index in [9.17, 15) is 17.6 Å². The molecule has 0 bridgehead atoms. The van der Waals surface area contributed by atoms with E-state index < -0.39 is 9.84 Å². The van der Waals surface area contributed by atoms with Crippen molar-refractivity contribution in [2.24, 2.45) is 0 Å². The van der Waals surface area contributed by atoms with Crippen LogP contribution in [0.3, 0.4) is 0 Å². The number of carbonyl (C=O) groups is 1. The van der Waals surface area contributed by atoms with Crippen LogP contribution in [-0.2, 0) is 21.2 Å². The van der Waals surface area contributed by atoms with Crippen LogP contribution < -0.4 is 0 Å². The molecule has 7 heteroatoms. The summed E-state index contributed by atoms with van der Waals surface area (Å²) < 4.78 is 37.4. The van der Waals surface area contributed by atoms with Crippen LogP contribution in [0, 0.1) is 5.82 Å². The predicted molar refractivity (Wildman–Crippen MR) is 94.3 cm³/mol. The molecule has 1 aliphatic heterocycles. The van der Waals surface area contributed by atoms with Crippen LogP contribution in [0.4, 0.5) is 4.39 Å². The maximum Gasteiger partial charge on any atom is 0.237 e. The standard InChI is InChI=1S/C18H25FN2O3S/c1-2-21(16-9-10-25(23,24)13-16)18(22)12-20(15-7-8-15)11-14-5-3-4-6-17(14)19/h3-6,15-16H,2,7-13H2,1H3. The molecule has 1 atom stereocenters. The molecular weight excluding hydrogens is 343 g/mol. The van der Waals surface area contributed by atoms with Crippen LogP contribution in [0.15, 0.2) is 24.3 Å². The first kappa shape index (κ1) is 18.3. The summed E-state index contributed by atoms with van der Waals surface area (Å²) in [6.45, 7) is 2.99. The van der Waals surface area contributed by atoms with Gasteiger partial charge in [0, 0.05) is 30.7 Å². The maximum atomic E-state index is 13.9. The summed E-state index contributed by atoms with van der Waals surface area (Å²) >= 11 is 0. The summed E-state index contributed by atoms with van der Waals surface area (Å²) in [5.41, 5.74) is 0.591. The fourth-order valence-electron chi connectivity index (χ4n) is 3.52. The van der Waals surface area contributed by atoms with Crippen LogP contribution >= 0.6 is 0 Å². The number of amides is 1. The number of nitrogens with zero attached hydrogens (tertiary/aromatic N) is 2. The Labute approximate surface area is 148 Å². The summed E-state index contributed by atoms with van der Waals surface area (Å²) in [5, 5.41) is 0. The fraction of sp³-hybridized carbons (Fsp3) is 0.611. The molecule has 1 aliphatic carbocycles. The molecule has 1 aromatic carbocycles. The quantitative estimate of drug-likeness (QED) is 0.737. The lowest BCUT2D eigenvalue weighted by molar-refractivity contribution is -0.134. The van der Waals surface area contributed by atoms with Crippen molar-refractivity contribution in [3.8, 4) is 0 Å². The summed E-state index contributed by atoms with van der Waals surface area (Å²) in [5.74, 6) is -0.102. The third kappa shape index (κ3) is 4.58. The van der Waals surface area contributed by atoms with Gasteiger partial charge in [0.05, 0.1) is 18.1 Å². The molecule has 2 aliphatic rings. The molecule has 1 saturated heterocycles. The number of halogens is 1. The number of rotatable bonds is 7. The molecule has 1 heterocycles. The second-order valence-electron chi connectivity index (χ2n) is 6.96. The van der Waals surface area contributed by atoms with Crippen LogP contribution in [0.25, 0.3) is 0 Å². The second-order valence-corrected chi connectivity index (χ2v) is 9.19. The van der Waals surface area contributed by atoms with Gasteiger partial charge in [-0.1, -0.05) is 18.2 Å². The van der Waals surface area contributed by atoms with Gasteiger partial charge in [-0.05, 0) is 32.3 Å². The Bertz CT molecular complexity index is 734. The molecule has 25 heavy (non-hydrogen) atoms. The van der Waals surface area contributed by atoms with Gasteiger partial charge in [-0.2, -0.15) is 0 Å². The Kier molecular flexibility index (Phi) is 5.43. The smallest absolute Gasteiger partial charge is 0.237 e. The Morgan fingerprint density at radius 1 is 1.20 bits per heavy atom. The minimum Gasteiger partial charge on any atom is -0.338 e. The van der Waals surface area contributed by atoms with Crippen LogP contribution in [-0.4, -0.2) is 60.8 Å². The lowest BCUT2D eigenvalue weighted by atomic mass is 10.2. The van der Waals surface area contributed by atoms with Gasteiger partial charge < -0.3 is 4.90 Å². The van der Waals surface area contributed by atoms with E-state index in [1.54, 1.807) is 23.1 Å². The fourth-order valence-corrected chi connectivity index (χ4v) is 5.25. The maximum absolute atomic E-state index is 13.9. The van der Waals surface area contributed by atoms with Crippen molar-refractivity contribution >= 4 is 15.7 Å². The highest BCUT2D eigenvalue weighted by Gasteiger charge is 2.36. The lowest BCUT2D eigenvalue weighted by Crippen LogP contribution is -2.46. The van der Waals surface area contributed by atoms with E-state index in [0.717, 1.165) is 12.8 Å². The first-order chi connectivity index (χ1) is 11.9. The minimum atomic E-state index is -3.03. The zero-order valence-corrected chi connectivity index (χ0v) is 15.3. The van der Waals surface area contributed by atoms with Crippen molar-refractivity contribution < 1.29 is 17.6 Å². The van der Waals surface area contributed by atoms with Crippen molar-refractivity contribution in [2.75, 3.05) is 24.6 Å². The summed E-state index contributed by atoms with van der Waals surface area (Å²) in [7, 11) is -3.03. The average Bonchev–Trinajstić information content (AvgIpc) is 3.34. The van der Waals surface area contributed by atoms with E-state index >= 15 is 0 Å². The van der Waals surface area contributed by atoms with E-state index in [2.05, 4.69) is 0 Å². The van der Waals surface area contributed by atoms with E-state index in [1.807, 2.05) is 11.8 Å². The first-order valence-corrected chi connectivity index (χ1v) is 10.7. The van der Waals surface area contributed by atoms with E-state index in [-0.39, 0.29) is 35.8 Å². The second kappa shape index (κ2) is 7.41. The largest absolute Gasteiger partial charge is 0.338 e. The predicted octanol–water partition coefficient (Wildman–Crippen LogP) is 1.83. The summed E-state index contributed by atoms with van der Waals surface area (Å²) in [6, 6.07) is 6.73. The topological polar surface area (TPSA) is 57.7 Å². The van der Waals surface area contributed by atoms with Gasteiger partial charge in [0.25, 0.3) is 0 Å². The Balaban J connectivity index is 1.67. The van der Waals surface area contributed by atoms with E-state index in [4.69, 9.17) is 0 Å². The number of hydrogen-bond donors (Lipinski definition) is 0. The lowest BCUT2D eigenvalue weighted by Gasteiger charge is -2.30. The number of likely N-dealkylation sites (N-methyl/N-ethyl adjacent to an activating group) is 1. The Hall–Kier alpha value is -1.47. The molecule has 2 fully saturated rings.